The minimum atomic E-state index is -0.398. The first kappa shape index (κ1) is 15.8. The van der Waals surface area contributed by atoms with E-state index in [1.54, 1.807) is 66.7 Å². The summed E-state index contributed by atoms with van der Waals surface area (Å²) in [7, 11) is 0. The van der Waals surface area contributed by atoms with Gasteiger partial charge in [0.1, 0.15) is 0 Å². The highest BCUT2D eigenvalue weighted by molar-refractivity contribution is 6.30. The fraction of sp³-hybridized carbons (Fsp3) is 0. The van der Waals surface area contributed by atoms with Crippen molar-refractivity contribution in [3.05, 3.63) is 94.5 Å². The van der Waals surface area contributed by atoms with Crippen molar-refractivity contribution >= 4 is 28.8 Å². The quantitative estimate of drug-likeness (QED) is 0.547. The maximum Gasteiger partial charge on any atom is 0.255 e. The molecule has 4 rings (SSSR count). The summed E-state index contributed by atoms with van der Waals surface area (Å²) in [6.07, 6.45) is 0. The van der Waals surface area contributed by atoms with Gasteiger partial charge in [-0.05, 0) is 24.3 Å². The van der Waals surface area contributed by atoms with Crippen molar-refractivity contribution in [1.82, 2.24) is 0 Å². The average Bonchev–Trinajstić information content (AvgIpc) is 2.66. The molecule has 3 N–H and O–H groups in total. The summed E-state index contributed by atoms with van der Waals surface area (Å²) in [4.78, 5) is 38.2. The van der Waals surface area contributed by atoms with Crippen LogP contribution in [-0.4, -0.2) is 17.5 Å². The molecule has 1 amide bonds. The van der Waals surface area contributed by atoms with Crippen molar-refractivity contribution in [1.29, 1.82) is 0 Å². The minimum Gasteiger partial charge on any atom is -0.399 e. The van der Waals surface area contributed by atoms with Gasteiger partial charge in [0, 0.05) is 27.9 Å². The highest BCUT2D eigenvalue weighted by atomic mass is 16.2. The van der Waals surface area contributed by atoms with E-state index in [9.17, 15) is 14.4 Å². The molecule has 0 saturated heterocycles. The van der Waals surface area contributed by atoms with Crippen molar-refractivity contribution in [2.24, 2.45) is 0 Å². The number of nitrogens with two attached hydrogens (primary N) is 1. The van der Waals surface area contributed by atoms with Crippen molar-refractivity contribution in [3.8, 4) is 0 Å². The van der Waals surface area contributed by atoms with Crippen molar-refractivity contribution in [3.63, 3.8) is 0 Å². The zero-order valence-electron chi connectivity index (χ0n) is 13.7. The van der Waals surface area contributed by atoms with Crippen LogP contribution in [0, 0.1) is 0 Å². The Kier molecular flexibility index (Phi) is 3.62. The molecule has 1 aliphatic rings. The van der Waals surface area contributed by atoms with E-state index in [0.717, 1.165) is 0 Å². The third kappa shape index (κ3) is 2.46. The fourth-order valence-corrected chi connectivity index (χ4v) is 3.12. The molecule has 0 fully saturated rings. The number of anilines is 2. The molecule has 3 aromatic rings. The third-order valence-electron chi connectivity index (χ3n) is 4.35. The Morgan fingerprint density at radius 2 is 1.42 bits per heavy atom. The van der Waals surface area contributed by atoms with Crippen molar-refractivity contribution in [2.45, 2.75) is 0 Å². The van der Waals surface area contributed by atoms with Crippen LogP contribution in [0.1, 0.15) is 42.2 Å². The van der Waals surface area contributed by atoms with Gasteiger partial charge in [0.15, 0.2) is 11.6 Å². The number of hydrogen-bond donors (Lipinski definition) is 2. The third-order valence-corrected chi connectivity index (χ3v) is 4.35. The van der Waals surface area contributed by atoms with E-state index in [0.29, 0.717) is 33.6 Å². The van der Waals surface area contributed by atoms with Gasteiger partial charge in [-0.25, -0.2) is 0 Å². The zero-order valence-corrected chi connectivity index (χ0v) is 13.7. The molecule has 0 heterocycles. The Bertz CT molecular complexity index is 1090. The van der Waals surface area contributed by atoms with Crippen LogP contribution in [0.4, 0.5) is 11.4 Å². The van der Waals surface area contributed by atoms with E-state index < -0.39 is 5.91 Å². The number of carbonyl (C=O) groups excluding carboxylic acids is 3. The molecule has 0 aliphatic heterocycles. The van der Waals surface area contributed by atoms with Crippen LogP contribution in [0.5, 0.6) is 0 Å². The van der Waals surface area contributed by atoms with E-state index in [1.165, 1.54) is 0 Å². The number of amides is 1. The Morgan fingerprint density at radius 1 is 0.769 bits per heavy atom. The van der Waals surface area contributed by atoms with Gasteiger partial charge in [0.25, 0.3) is 5.91 Å². The maximum atomic E-state index is 12.9. The molecule has 0 atom stereocenters. The van der Waals surface area contributed by atoms with Gasteiger partial charge < -0.3 is 11.1 Å². The van der Waals surface area contributed by atoms with Crippen LogP contribution in [0.2, 0.25) is 0 Å². The van der Waals surface area contributed by atoms with Crippen molar-refractivity contribution < 1.29 is 14.4 Å². The maximum absolute atomic E-state index is 12.9. The highest BCUT2D eigenvalue weighted by Gasteiger charge is 2.31. The van der Waals surface area contributed by atoms with Gasteiger partial charge in [-0.1, -0.05) is 42.5 Å². The van der Waals surface area contributed by atoms with Crippen LogP contribution in [-0.2, 0) is 0 Å². The van der Waals surface area contributed by atoms with Crippen LogP contribution >= 0.6 is 0 Å². The minimum absolute atomic E-state index is 0.216. The molecule has 26 heavy (non-hydrogen) atoms. The summed E-state index contributed by atoms with van der Waals surface area (Å²) in [5, 5.41) is 2.73. The van der Waals surface area contributed by atoms with Crippen LogP contribution in [0.15, 0.2) is 66.7 Å². The summed E-state index contributed by atoms with van der Waals surface area (Å²) in [6, 6.07) is 18.1. The molecule has 0 bridgehead atoms. The Balaban J connectivity index is 1.78. The lowest BCUT2D eigenvalue weighted by atomic mass is 9.83. The molecule has 0 spiro atoms. The molecule has 5 nitrogen and oxygen atoms in total. The lowest BCUT2D eigenvalue weighted by Gasteiger charge is -2.20. The summed E-state index contributed by atoms with van der Waals surface area (Å²) < 4.78 is 0. The first-order valence-electron chi connectivity index (χ1n) is 8.04. The molecule has 0 saturated carbocycles. The molecule has 5 heteroatoms. The number of ketones is 2. The molecule has 3 aromatic carbocycles. The number of nitrogen functional groups attached to an aromatic ring is 1. The van der Waals surface area contributed by atoms with Crippen LogP contribution in [0.25, 0.3) is 0 Å². The number of hydrogen-bond acceptors (Lipinski definition) is 4. The monoisotopic (exact) mass is 342 g/mol. The smallest absolute Gasteiger partial charge is 0.255 e. The van der Waals surface area contributed by atoms with E-state index >= 15 is 0 Å². The number of carbonyl (C=O) groups is 3. The second kappa shape index (κ2) is 5.97. The van der Waals surface area contributed by atoms with E-state index in [1.807, 2.05) is 0 Å². The number of fused-ring (bicyclic) bond motifs is 2. The lowest BCUT2D eigenvalue weighted by Crippen LogP contribution is -2.23. The predicted molar refractivity (Wildman–Crippen MR) is 98.6 cm³/mol. The lowest BCUT2D eigenvalue weighted by molar-refractivity contribution is 0.0978. The normalized spacial score (nSPS) is 12.3. The standard InChI is InChI=1S/C21H14N2O3/c22-13-6-3-5-12(11-13)21(26)23-17-10-4-9-16-18(17)20(25)15-8-2-1-7-14(15)19(16)24/h1-11H,22H2,(H,23,26). The van der Waals surface area contributed by atoms with Gasteiger partial charge in [-0.15, -0.1) is 0 Å². The van der Waals surface area contributed by atoms with E-state index in [4.69, 9.17) is 5.73 Å². The van der Waals surface area contributed by atoms with Gasteiger partial charge in [-0.2, -0.15) is 0 Å². The predicted octanol–water partition coefficient (Wildman–Crippen LogP) is 3.30. The van der Waals surface area contributed by atoms with Gasteiger partial charge >= 0.3 is 0 Å². The van der Waals surface area contributed by atoms with E-state index in [-0.39, 0.29) is 17.1 Å². The molecular weight excluding hydrogens is 328 g/mol. The first-order chi connectivity index (χ1) is 12.6. The number of benzene rings is 3. The van der Waals surface area contributed by atoms with Crippen LogP contribution < -0.4 is 11.1 Å². The molecule has 126 valence electrons. The molecular formula is C21H14N2O3. The number of rotatable bonds is 2. The SMILES string of the molecule is Nc1cccc(C(=O)Nc2cccc3c2C(=O)c2ccccc2C3=O)c1. The summed E-state index contributed by atoms with van der Waals surface area (Å²) >= 11 is 0. The van der Waals surface area contributed by atoms with Gasteiger partial charge in [0.2, 0.25) is 0 Å². The summed E-state index contributed by atoms with van der Waals surface area (Å²) in [5.74, 6) is -0.904. The van der Waals surface area contributed by atoms with Gasteiger partial charge in [-0.3, -0.25) is 14.4 Å². The zero-order chi connectivity index (χ0) is 18.3. The second-order valence-corrected chi connectivity index (χ2v) is 6.01. The van der Waals surface area contributed by atoms with Gasteiger partial charge in [0.05, 0.1) is 11.3 Å². The second-order valence-electron chi connectivity index (χ2n) is 6.01. The Morgan fingerprint density at radius 3 is 2.15 bits per heavy atom. The summed E-state index contributed by atoms with van der Waals surface area (Å²) in [6.45, 7) is 0. The molecule has 1 aliphatic carbocycles. The van der Waals surface area contributed by atoms with Crippen molar-refractivity contribution in [2.75, 3.05) is 11.1 Å². The Labute approximate surface area is 149 Å². The molecule has 0 aromatic heterocycles. The molecule has 0 radical (unpaired) electrons. The topological polar surface area (TPSA) is 89.3 Å². The fourth-order valence-electron chi connectivity index (χ4n) is 3.12. The number of nitrogens with one attached hydrogen (secondary N) is 1. The molecule has 0 unspecified atom stereocenters. The largest absolute Gasteiger partial charge is 0.399 e. The summed E-state index contributed by atoms with van der Waals surface area (Å²) in [5.41, 5.74) is 8.09. The van der Waals surface area contributed by atoms with Crippen LogP contribution in [0.3, 0.4) is 0 Å². The highest BCUT2D eigenvalue weighted by Crippen LogP contribution is 2.32. The average molecular weight is 342 g/mol. The Hall–Kier alpha value is -3.73. The first-order valence-corrected chi connectivity index (χ1v) is 8.04. The van der Waals surface area contributed by atoms with E-state index in [2.05, 4.69) is 5.32 Å².